The maximum atomic E-state index is 12.3. The van der Waals surface area contributed by atoms with Crippen molar-refractivity contribution >= 4 is 5.91 Å². The molecule has 1 aromatic heterocycles. The summed E-state index contributed by atoms with van der Waals surface area (Å²) < 4.78 is 7.14. The van der Waals surface area contributed by atoms with Crippen LogP contribution >= 0.6 is 0 Å². The van der Waals surface area contributed by atoms with Crippen molar-refractivity contribution < 1.29 is 14.6 Å². The van der Waals surface area contributed by atoms with Gasteiger partial charge >= 0.3 is 0 Å². The number of rotatable bonds is 8. The molecule has 1 heterocycles. The molecular weight excluding hydrogens is 354 g/mol. The van der Waals surface area contributed by atoms with Crippen molar-refractivity contribution in [3.05, 3.63) is 83.7 Å². The van der Waals surface area contributed by atoms with Gasteiger partial charge in [-0.1, -0.05) is 56.3 Å². The largest absolute Gasteiger partial charge is 0.471 e. The van der Waals surface area contributed by atoms with E-state index in [0.29, 0.717) is 5.92 Å². The number of carbonyl (C=O) groups excluding carboxylic acids is 1. The molecule has 3 aromatic rings. The average Bonchev–Trinajstić information content (AvgIpc) is 3.20. The second-order valence-electron chi connectivity index (χ2n) is 6.87. The van der Waals surface area contributed by atoms with Gasteiger partial charge in [-0.2, -0.15) is 5.10 Å². The Kier molecular flexibility index (Phi) is 6.45. The summed E-state index contributed by atoms with van der Waals surface area (Å²) in [4.78, 5) is 12.3. The second kappa shape index (κ2) is 9.19. The second-order valence-corrected chi connectivity index (χ2v) is 6.87. The number of amides is 1. The summed E-state index contributed by atoms with van der Waals surface area (Å²) in [5, 5.41) is 17.2. The van der Waals surface area contributed by atoms with Crippen molar-refractivity contribution in [2.24, 2.45) is 0 Å². The third-order valence-electron chi connectivity index (χ3n) is 4.42. The first-order chi connectivity index (χ1) is 13.5. The summed E-state index contributed by atoms with van der Waals surface area (Å²) in [6.07, 6.45) is 0.910. The minimum absolute atomic E-state index is 0.118. The fourth-order valence-electron chi connectivity index (χ4n) is 2.71. The van der Waals surface area contributed by atoms with Gasteiger partial charge in [0.05, 0.1) is 6.10 Å². The minimum Gasteiger partial charge on any atom is -0.471 e. The number of nitrogens with zero attached hydrogens (tertiary/aromatic N) is 2. The molecule has 6 nitrogen and oxygen atoms in total. The predicted molar refractivity (Wildman–Crippen MR) is 107 cm³/mol. The van der Waals surface area contributed by atoms with Crippen LogP contribution in [0.2, 0.25) is 0 Å². The molecule has 1 amide bonds. The average molecular weight is 379 g/mol. The molecule has 0 aliphatic carbocycles. The van der Waals surface area contributed by atoms with Crippen LogP contribution < -0.4 is 10.1 Å². The summed E-state index contributed by atoms with van der Waals surface area (Å²) in [6, 6.07) is 18.8. The van der Waals surface area contributed by atoms with Crippen LogP contribution in [0.25, 0.3) is 0 Å². The van der Waals surface area contributed by atoms with Crippen LogP contribution in [-0.2, 0) is 6.73 Å². The zero-order chi connectivity index (χ0) is 19.9. The molecule has 1 atom stereocenters. The van der Waals surface area contributed by atoms with E-state index in [4.69, 9.17) is 4.74 Å². The first-order valence-electron chi connectivity index (χ1n) is 9.30. The summed E-state index contributed by atoms with van der Waals surface area (Å²) in [5.41, 5.74) is 2.26. The third kappa shape index (κ3) is 5.20. The Balaban J connectivity index is 1.50. The van der Waals surface area contributed by atoms with Crippen LogP contribution in [-0.4, -0.2) is 27.3 Å². The highest BCUT2D eigenvalue weighted by Crippen LogP contribution is 2.18. The van der Waals surface area contributed by atoms with E-state index in [1.807, 2.05) is 54.6 Å². The van der Waals surface area contributed by atoms with Gasteiger partial charge in [-0.05, 0) is 35.2 Å². The number of nitrogens with one attached hydrogen (secondary N) is 1. The smallest absolute Gasteiger partial charge is 0.271 e. The number of ether oxygens (including phenoxy) is 1. The molecule has 28 heavy (non-hydrogen) atoms. The van der Waals surface area contributed by atoms with E-state index in [0.717, 1.165) is 11.3 Å². The fourth-order valence-corrected chi connectivity index (χ4v) is 2.71. The highest BCUT2D eigenvalue weighted by atomic mass is 16.5. The molecule has 146 valence electrons. The quantitative estimate of drug-likeness (QED) is 0.628. The number of hydrogen-bond acceptors (Lipinski definition) is 4. The molecule has 1 unspecified atom stereocenters. The van der Waals surface area contributed by atoms with Crippen LogP contribution in [0, 0.1) is 0 Å². The number of para-hydroxylation sites is 1. The van der Waals surface area contributed by atoms with Gasteiger partial charge in [0.15, 0.2) is 6.73 Å². The van der Waals surface area contributed by atoms with Crippen LogP contribution in [0.3, 0.4) is 0 Å². The van der Waals surface area contributed by atoms with Gasteiger partial charge in [-0.15, -0.1) is 0 Å². The Morgan fingerprint density at radius 3 is 2.43 bits per heavy atom. The van der Waals surface area contributed by atoms with E-state index in [-0.39, 0.29) is 24.9 Å². The Hall–Kier alpha value is -3.12. The number of carbonyl (C=O) groups is 1. The third-order valence-corrected chi connectivity index (χ3v) is 4.42. The van der Waals surface area contributed by atoms with E-state index in [1.165, 1.54) is 5.56 Å². The molecule has 0 fully saturated rings. The standard InChI is InChI=1S/C22H25N3O3/c1-16(2)17-8-10-18(11-9-17)21(26)14-23-22(27)20-12-13-25(24-20)15-28-19-6-4-3-5-7-19/h3-13,16,21,26H,14-15H2,1-2H3,(H,23,27). The predicted octanol–water partition coefficient (Wildman–Crippen LogP) is 3.51. The normalized spacial score (nSPS) is 12.0. The Bertz CT molecular complexity index is 889. The van der Waals surface area contributed by atoms with E-state index in [2.05, 4.69) is 24.3 Å². The van der Waals surface area contributed by atoms with E-state index < -0.39 is 6.10 Å². The molecule has 0 saturated carbocycles. The summed E-state index contributed by atoms with van der Waals surface area (Å²) in [6.45, 7) is 4.57. The Labute approximate surface area is 164 Å². The molecular formula is C22H25N3O3. The van der Waals surface area contributed by atoms with Crippen LogP contribution in [0.1, 0.15) is 47.5 Å². The topological polar surface area (TPSA) is 76.4 Å². The first kappa shape index (κ1) is 19.6. The van der Waals surface area contributed by atoms with Crippen molar-refractivity contribution in [1.29, 1.82) is 0 Å². The zero-order valence-corrected chi connectivity index (χ0v) is 16.1. The Morgan fingerprint density at radius 1 is 1.07 bits per heavy atom. The van der Waals surface area contributed by atoms with Gasteiger partial charge < -0.3 is 15.2 Å². The molecule has 3 rings (SSSR count). The van der Waals surface area contributed by atoms with Gasteiger partial charge in [-0.3, -0.25) is 4.79 Å². The van der Waals surface area contributed by atoms with Gasteiger partial charge in [0.25, 0.3) is 5.91 Å². The van der Waals surface area contributed by atoms with E-state index in [9.17, 15) is 9.90 Å². The number of aliphatic hydroxyl groups is 1. The molecule has 0 saturated heterocycles. The number of aromatic nitrogens is 2. The number of hydrogen-bond donors (Lipinski definition) is 2. The maximum absolute atomic E-state index is 12.3. The monoisotopic (exact) mass is 379 g/mol. The minimum atomic E-state index is -0.770. The number of benzene rings is 2. The lowest BCUT2D eigenvalue weighted by atomic mass is 10.00. The highest BCUT2D eigenvalue weighted by molar-refractivity contribution is 5.92. The SMILES string of the molecule is CC(C)c1ccc(C(O)CNC(=O)c2ccn(COc3ccccc3)n2)cc1. The van der Waals surface area contributed by atoms with Crippen LogP contribution in [0.4, 0.5) is 0 Å². The molecule has 0 radical (unpaired) electrons. The summed E-state index contributed by atoms with van der Waals surface area (Å²) in [5.74, 6) is 0.832. The molecule has 6 heteroatoms. The van der Waals surface area contributed by atoms with Crippen molar-refractivity contribution in [2.75, 3.05) is 6.54 Å². The molecule has 2 aromatic carbocycles. The first-order valence-corrected chi connectivity index (χ1v) is 9.30. The molecule has 0 spiro atoms. The zero-order valence-electron chi connectivity index (χ0n) is 16.1. The summed E-state index contributed by atoms with van der Waals surface area (Å²) >= 11 is 0. The Morgan fingerprint density at radius 2 is 1.75 bits per heavy atom. The lowest BCUT2D eigenvalue weighted by Crippen LogP contribution is -2.28. The van der Waals surface area contributed by atoms with Crippen molar-refractivity contribution in [1.82, 2.24) is 15.1 Å². The van der Waals surface area contributed by atoms with E-state index in [1.54, 1.807) is 16.9 Å². The van der Waals surface area contributed by atoms with Crippen molar-refractivity contribution in [3.8, 4) is 5.75 Å². The van der Waals surface area contributed by atoms with Crippen LogP contribution in [0.5, 0.6) is 5.75 Å². The van der Waals surface area contributed by atoms with Gasteiger partial charge in [0, 0.05) is 12.7 Å². The maximum Gasteiger partial charge on any atom is 0.271 e. The molecule has 0 aliphatic heterocycles. The van der Waals surface area contributed by atoms with Gasteiger partial charge in [0.1, 0.15) is 11.4 Å². The summed E-state index contributed by atoms with van der Waals surface area (Å²) in [7, 11) is 0. The number of aliphatic hydroxyl groups excluding tert-OH is 1. The lowest BCUT2D eigenvalue weighted by Gasteiger charge is -2.13. The lowest BCUT2D eigenvalue weighted by molar-refractivity contribution is 0.0909. The molecule has 2 N–H and O–H groups in total. The fraction of sp³-hybridized carbons (Fsp3) is 0.273. The van der Waals surface area contributed by atoms with Crippen LogP contribution in [0.15, 0.2) is 66.9 Å². The van der Waals surface area contributed by atoms with Gasteiger partial charge in [0.2, 0.25) is 0 Å². The van der Waals surface area contributed by atoms with E-state index >= 15 is 0 Å². The van der Waals surface area contributed by atoms with Crippen molar-refractivity contribution in [2.45, 2.75) is 32.6 Å². The van der Waals surface area contributed by atoms with Gasteiger partial charge in [-0.25, -0.2) is 4.68 Å². The molecule has 0 aliphatic rings. The highest BCUT2D eigenvalue weighted by Gasteiger charge is 2.13. The van der Waals surface area contributed by atoms with Crippen molar-refractivity contribution in [3.63, 3.8) is 0 Å². The molecule has 0 bridgehead atoms.